The highest BCUT2D eigenvalue weighted by molar-refractivity contribution is 9.10. The van der Waals surface area contributed by atoms with Gasteiger partial charge in [-0.1, -0.05) is 6.07 Å². The molecule has 0 unspecified atom stereocenters. The van der Waals surface area contributed by atoms with Crippen molar-refractivity contribution < 1.29 is 9.59 Å². The van der Waals surface area contributed by atoms with Gasteiger partial charge in [0, 0.05) is 49.6 Å². The van der Waals surface area contributed by atoms with E-state index in [1.165, 1.54) is 0 Å². The largest absolute Gasteiger partial charge is 0.321 e. The molecule has 0 saturated heterocycles. The third kappa shape index (κ3) is 4.55. The summed E-state index contributed by atoms with van der Waals surface area (Å²) in [7, 11) is 1.74. The van der Waals surface area contributed by atoms with Crippen LogP contribution in [0.2, 0.25) is 0 Å². The minimum absolute atomic E-state index is 0.193. The number of nitrogens with zero attached hydrogens (tertiary/aromatic N) is 7. The van der Waals surface area contributed by atoms with Crippen molar-refractivity contribution in [2.75, 3.05) is 10.6 Å². The van der Waals surface area contributed by atoms with Crippen molar-refractivity contribution in [3.63, 3.8) is 0 Å². The van der Waals surface area contributed by atoms with E-state index in [9.17, 15) is 9.59 Å². The monoisotopic (exact) mass is 533 g/mol. The molecule has 0 aliphatic heterocycles. The summed E-state index contributed by atoms with van der Waals surface area (Å²) < 4.78 is 5.76. The number of hydrogen-bond acceptors (Lipinski definition) is 6. The van der Waals surface area contributed by atoms with Crippen LogP contribution in [0.25, 0.3) is 17.0 Å². The lowest BCUT2D eigenvalue weighted by Crippen LogP contribution is -2.15. The van der Waals surface area contributed by atoms with E-state index < -0.39 is 5.91 Å². The number of nitrogens with one attached hydrogen (secondary N) is 2. The van der Waals surface area contributed by atoms with Crippen LogP contribution in [0.15, 0.2) is 65.5 Å². The van der Waals surface area contributed by atoms with Gasteiger partial charge in [-0.15, -0.1) is 0 Å². The van der Waals surface area contributed by atoms with Crippen molar-refractivity contribution in [3.8, 4) is 11.4 Å². The molecule has 0 radical (unpaired) electrons. The molecule has 176 valence electrons. The summed E-state index contributed by atoms with van der Waals surface area (Å²) >= 11 is 3.54. The minimum atomic E-state index is -0.409. The molecule has 0 fully saturated rings. The van der Waals surface area contributed by atoms with E-state index in [2.05, 4.69) is 46.8 Å². The topological polar surface area (TPSA) is 124 Å². The minimum Gasteiger partial charge on any atom is -0.321 e. The number of halogens is 1. The van der Waals surface area contributed by atoms with Crippen LogP contribution < -0.4 is 10.6 Å². The Kier molecular flexibility index (Phi) is 5.87. The average molecular weight is 534 g/mol. The smallest absolute Gasteiger partial charge is 0.276 e. The fourth-order valence-electron chi connectivity index (χ4n) is 3.52. The Morgan fingerprint density at radius 1 is 0.971 bits per heavy atom. The van der Waals surface area contributed by atoms with Crippen molar-refractivity contribution in [1.29, 1.82) is 0 Å². The molecule has 12 heteroatoms. The molecule has 0 spiro atoms. The molecule has 0 bridgehead atoms. The van der Waals surface area contributed by atoms with Gasteiger partial charge in [-0.25, -0.2) is 9.50 Å². The molecule has 35 heavy (non-hydrogen) atoms. The van der Waals surface area contributed by atoms with Gasteiger partial charge in [-0.05, 0) is 53.2 Å². The lowest BCUT2D eigenvalue weighted by molar-refractivity contribution is 0.101. The molecule has 0 atom stereocenters. The lowest BCUT2D eigenvalue weighted by Gasteiger charge is -2.07. The van der Waals surface area contributed by atoms with Crippen LogP contribution in [0.5, 0.6) is 0 Å². The number of amides is 2. The second-order valence-corrected chi connectivity index (χ2v) is 8.53. The summed E-state index contributed by atoms with van der Waals surface area (Å²) in [5.74, 6) is -0.752. The molecule has 0 aliphatic rings. The average Bonchev–Trinajstić information content (AvgIpc) is 3.57. The van der Waals surface area contributed by atoms with Crippen LogP contribution in [0, 0.1) is 0 Å². The van der Waals surface area contributed by atoms with Gasteiger partial charge in [0.2, 0.25) is 0 Å². The highest BCUT2D eigenvalue weighted by Crippen LogP contribution is 2.27. The molecule has 4 aromatic heterocycles. The molecule has 0 saturated carbocycles. The molecule has 2 amide bonds. The van der Waals surface area contributed by atoms with Gasteiger partial charge in [0.1, 0.15) is 5.69 Å². The quantitative estimate of drug-likeness (QED) is 0.343. The SMILES string of the molecule is CCn1cc(Br)c(-c2ccnc3cc(C(=O)Nc4cccc(NC(=O)c5ccn(C)n5)c4)nn23)n1. The summed E-state index contributed by atoms with van der Waals surface area (Å²) in [5.41, 5.74) is 3.43. The van der Waals surface area contributed by atoms with Gasteiger partial charge in [-0.2, -0.15) is 15.3 Å². The Labute approximate surface area is 207 Å². The number of fused-ring (bicyclic) bond motifs is 1. The summed E-state index contributed by atoms with van der Waals surface area (Å²) in [5, 5.41) is 18.7. The van der Waals surface area contributed by atoms with E-state index in [1.807, 2.05) is 17.8 Å². The number of rotatable bonds is 6. The fraction of sp³-hybridized carbons (Fsp3) is 0.130. The first-order valence-corrected chi connectivity index (χ1v) is 11.5. The van der Waals surface area contributed by atoms with Crippen LogP contribution in [-0.4, -0.2) is 46.0 Å². The predicted octanol–water partition coefficient (Wildman–Crippen LogP) is 3.61. The molecular formula is C23H20BrN9O2. The van der Waals surface area contributed by atoms with Crippen molar-refractivity contribution >= 4 is 44.8 Å². The standard InChI is InChI=1S/C23H20BrN9O2/c1-3-32-13-16(24)21(30-32)19-7-9-25-20-12-18(29-33(19)20)23(35)27-15-6-4-5-14(11-15)26-22(34)17-8-10-31(2)28-17/h4-13H,3H2,1-2H3,(H,26,34)(H,27,35). The Balaban J connectivity index is 1.37. The van der Waals surface area contributed by atoms with Crippen LogP contribution in [0.3, 0.4) is 0 Å². The Hall–Kier alpha value is -4.32. The Morgan fingerprint density at radius 2 is 1.71 bits per heavy atom. The molecule has 5 rings (SSSR count). The van der Waals surface area contributed by atoms with Gasteiger partial charge in [0.25, 0.3) is 11.8 Å². The lowest BCUT2D eigenvalue weighted by atomic mass is 10.2. The maximum Gasteiger partial charge on any atom is 0.276 e. The van der Waals surface area contributed by atoms with E-state index in [-0.39, 0.29) is 11.6 Å². The number of benzene rings is 1. The number of carbonyl (C=O) groups excluding carboxylic acids is 2. The van der Waals surface area contributed by atoms with Gasteiger partial charge < -0.3 is 10.6 Å². The van der Waals surface area contributed by atoms with E-state index in [0.717, 1.165) is 11.0 Å². The highest BCUT2D eigenvalue weighted by Gasteiger charge is 2.18. The van der Waals surface area contributed by atoms with Crippen LogP contribution >= 0.6 is 15.9 Å². The van der Waals surface area contributed by atoms with Crippen molar-refractivity contribution in [1.82, 2.24) is 34.2 Å². The summed E-state index contributed by atoms with van der Waals surface area (Å²) in [6, 6.07) is 11.9. The van der Waals surface area contributed by atoms with Gasteiger partial charge in [0.05, 0.1) is 10.2 Å². The number of carbonyl (C=O) groups is 2. The second-order valence-electron chi connectivity index (χ2n) is 7.67. The first kappa shape index (κ1) is 22.5. The van der Waals surface area contributed by atoms with Crippen molar-refractivity contribution in [3.05, 3.63) is 76.9 Å². The maximum absolute atomic E-state index is 13.0. The first-order chi connectivity index (χ1) is 16.9. The van der Waals surface area contributed by atoms with Crippen molar-refractivity contribution in [2.45, 2.75) is 13.5 Å². The zero-order valence-corrected chi connectivity index (χ0v) is 20.4. The molecule has 11 nitrogen and oxygen atoms in total. The molecule has 0 aliphatic carbocycles. The summed E-state index contributed by atoms with van der Waals surface area (Å²) in [4.78, 5) is 29.7. The van der Waals surface area contributed by atoms with Gasteiger partial charge in [-0.3, -0.25) is 19.0 Å². The van der Waals surface area contributed by atoms with E-state index >= 15 is 0 Å². The normalized spacial score (nSPS) is 11.1. The Morgan fingerprint density at radius 3 is 2.37 bits per heavy atom. The van der Waals surface area contributed by atoms with Gasteiger partial charge in [0.15, 0.2) is 17.0 Å². The fourth-order valence-corrected chi connectivity index (χ4v) is 4.04. The zero-order valence-electron chi connectivity index (χ0n) is 18.8. The van der Waals surface area contributed by atoms with Crippen LogP contribution in [0.4, 0.5) is 11.4 Å². The molecule has 5 aromatic rings. The van der Waals surface area contributed by atoms with E-state index in [4.69, 9.17) is 0 Å². The highest BCUT2D eigenvalue weighted by atomic mass is 79.9. The molecular weight excluding hydrogens is 514 g/mol. The predicted molar refractivity (Wildman–Crippen MR) is 133 cm³/mol. The number of aryl methyl sites for hydroxylation is 2. The number of hydrogen-bond donors (Lipinski definition) is 2. The first-order valence-electron chi connectivity index (χ1n) is 10.7. The van der Waals surface area contributed by atoms with Crippen LogP contribution in [-0.2, 0) is 13.6 Å². The third-order valence-electron chi connectivity index (χ3n) is 5.20. The number of anilines is 2. The van der Waals surface area contributed by atoms with Crippen molar-refractivity contribution in [2.24, 2.45) is 7.05 Å². The summed E-state index contributed by atoms with van der Waals surface area (Å²) in [6.45, 7) is 2.72. The maximum atomic E-state index is 13.0. The number of aromatic nitrogens is 7. The van der Waals surface area contributed by atoms with Gasteiger partial charge >= 0.3 is 0 Å². The summed E-state index contributed by atoms with van der Waals surface area (Å²) in [6.07, 6.45) is 5.23. The molecule has 1 aromatic carbocycles. The zero-order chi connectivity index (χ0) is 24.5. The molecule has 4 heterocycles. The Bertz CT molecular complexity index is 1570. The second kappa shape index (κ2) is 9.14. The van der Waals surface area contributed by atoms with E-state index in [1.54, 1.807) is 71.1 Å². The third-order valence-corrected chi connectivity index (χ3v) is 5.78. The molecule has 2 N–H and O–H groups in total. The van der Waals surface area contributed by atoms with E-state index in [0.29, 0.717) is 34.1 Å². The van der Waals surface area contributed by atoms with Crippen LogP contribution in [0.1, 0.15) is 27.9 Å².